The van der Waals surface area contributed by atoms with E-state index in [1.165, 1.54) is 0 Å². The SMILES string of the molecule is CC/C=C\C/C=C\C/C=C\C/C=C\C/C=C\C/C=C\CCC(=O)OCC(COP(=O)(O)OCC(O)COP(=O)(O)OCC(COC(=O)C/C=C\C/C=C\C/C=C\C/C=C\C/C=C\CC)OC(=O)CCCC/C=C\C/C=C\C/C=C\C/C=C\CC)OC(=O)CCCCC/C=C\C/C=C\C/C=C\C/C=C\C/C=C\CC. The van der Waals surface area contributed by atoms with E-state index in [1.807, 2.05) is 42.5 Å². The fourth-order valence-electron chi connectivity index (χ4n) is 9.04. The van der Waals surface area contributed by atoms with Gasteiger partial charge in [0.05, 0.1) is 32.8 Å². The summed E-state index contributed by atoms with van der Waals surface area (Å²) in [6.45, 7) is 4.06. The number of unbranched alkanes of at least 4 members (excludes halogenated alkanes) is 5. The molecule has 0 saturated heterocycles. The number of phosphoric ester groups is 2. The van der Waals surface area contributed by atoms with Crippen LogP contribution < -0.4 is 0 Å². The maximum Gasteiger partial charge on any atom is 0.472 e. The van der Waals surface area contributed by atoms with Crippen LogP contribution in [0, 0.1) is 0 Å². The fourth-order valence-corrected chi connectivity index (χ4v) is 10.6. The van der Waals surface area contributed by atoms with Crippen molar-refractivity contribution in [1.29, 1.82) is 0 Å². The molecule has 0 fully saturated rings. The summed E-state index contributed by atoms with van der Waals surface area (Å²) in [6, 6.07) is 0. The van der Waals surface area contributed by atoms with Crippen LogP contribution in [0.4, 0.5) is 0 Å². The maximum absolute atomic E-state index is 13.1. The summed E-state index contributed by atoms with van der Waals surface area (Å²) in [7, 11) is -10.1. The molecule has 0 aliphatic carbocycles. The van der Waals surface area contributed by atoms with Crippen molar-refractivity contribution in [2.75, 3.05) is 39.6 Å². The van der Waals surface area contributed by atoms with Gasteiger partial charge in [0.2, 0.25) is 0 Å². The minimum Gasteiger partial charge on any atom is -0.462 e. The van der Waals surface area contributed by atoms with E-state index in [9.17, 15) is 43.2 Å². The summed E-state index contributed by atoms with van der Waals surface area (Å²) in [6.07, 6.45) is 102. The molecular weight excluding hydrogens is 1400 g/mol. The third-order valence-corrected chi connectivity index (χ3v) is 16.7. The van der Waals surface area contributed by atoms with Crippen LogP contribution in [-0.4, -0.2) is 96.7 Å². The molecule has 0 heterocycles. The second-order valence-corrected chi connectivity index (χ2v) is 27.7. The van der Waals surface area contributed by atoms with Crippen molar-refractivity contribution in [2.24, 2.45) is 0 Å². The van der Waals surface area contributed by atoms with E-state index in [1.54, 1.807) is 6.08 Å². The molecule has 0 aliphatic heterocycles. The number of aliphatic hydroxyl groups excluding tert-OH is 1. The lowest BCUT2D eigenvalue weighted by molar-refractivity contribution is -0.161. The smallest absolute Gasteiger partial charge is 0.462 e. The van der Waals surface area contributed by atoms with Gasteiger partial charge >= 0.3 is 39.5 Å². The van der Waals surface area contributed by atoms with E-state index >= 15 is 0 Å². The first kappa shape index (κ1) is 101. The zero-order valence-corrected chi connectivity index (χ0v) is 67.4. The molecule has 17 nitrogen and oxygen atoms in total. The normalized spacial score (nSPS) is 15.1. The summed E-state index contributed by atoms with van der Waals surface area (Å²) in [4.78, 5) is 72.9. The minimum absolute atomic E-state index is 0.00932. The van der Waals surface area contributed by atoms with E-state index in [0.717, 1.165) is 141 Å². The van der Waals surface area contributed by atoms with Crippen LogP contribution in [0.15, 0.2) is 243 Å². The highest BCUT2D eigenvalue weighted by molar-refractivity contribution is 7.47. The predicted molar refractivity (Wildman–Crippen MR) is 444 cm³/mol. The molecule has 3 N–H and O–H groups in total. The Morgan fingerprint density at radius 3 is 0.815 bits per heavy atom. The largest absolute Gasteiger partial charge is 0.472 e. The number of allylic oxidation sites excluding steroid dienone is 39. The summed E-state index contributed by atoms with van der Waals surface area (Å²) in [5, 5.41) is 10.6. The second kappa shape index (κ2) is 78.0. The fraction of sp³-hybridized carbons (Fsp3) is 0.506. The number of carbonyl (C=O) groups is 4. The van der Waals surface area contributed by atoms with Crippen molar-refractivity contribution in [2.45, 2.75) is 251 Å². The number of hydrogen-bond acceptors (Lipinski definition) is 15. The van der Waals surface area contributed by atoms with Gasteiger partial charge in [-0.05, 0) is 173 Å². The summed E-state index contributed by atoms with van der Waals surface area (Å²) in [5.41, 5.74) is 0. The number of hydrogen-bond donors (Lipinski definition) is 3. The molecule has 5 atom stereocenters. The number of rotatable bonds is 70. The van der Waals surface area contributed by atoms with Gasteiger partial charge in [-0.2, -0.15) is 0 Å². The molecule has 602 valence electrons. The average molecular weight is 1540 g/mol. The van der Waals surface area contributed by atoms with Crippen molar-refractivity contribution in [1.82, 2.24) is 0 Å². The van der Waals surface area contributed by atoms with E-state index in [4.69, 9.17) is 37.0 Å². The Labute approximate surface area is 650 Å². The van der Waals surface area contributed by atoms with Crippen LogP contribution in [0.1, 0.15) is 233 Å². The van der Waals surface area contributed by atoms with Crippen LogP contribution in [-0.2, 0) is 65.4 Å². The molecule has 0 radical (unpaired) electrons. The predicted octanol–water partition coefficient (Wildman–Crippen LogP) is 23.2. The molecule has 0 aliphatic rings. The van der Waals surface area contributed by atoms with E-state index in [2.05, 4.69) is 222 Å². The van der Waals surface area contributed by atoms with Crippen LogP contribution in [0.25, 0.3) is 0 Å². The third-order valence-electron chi connectivity index (χ3n) is 14.8. The quantitative estimate of drug-likeness (QED) is 0.0169. The van der Waals surface area contributed by atoms with Gasteiger partial charge in [0.25, 0.3) is 0 Å². The second-order valence-electron chi connectivity index (χ2n) is 24.8. The van der Waals surface area contributed by atoms with Gasteiger partial charge in [0.15, 0.2) is 12.2 Å². The Hall–Kier alpha value is -7.14. The van der Waals surface area contributed by atoms with Crippen molar-refractivity contribution < 1.29 is 80.2 Å². The average Bonchev–Trinajstić information content (AvgIpc) is 0.896. The Kier molecular flexibility index (Phi) is 72.8. The topological polar surface area (TPSA) is 237 Å². The molecule has 0 saturated carbocycles. The molecule has 0 aromatic rings. The molecule has 108 heavy (non-hydrogen) atoms. The van der Waals surface area contributed by atoms with Crippen molar-refractivity contribution in [3.05, 3.63) is 243 Å². The molecule has 0 rings (SSSR count). The van der Waals surface area contributed by atoms with Crippen LogP contribution in [0.5, 0.6) is 0 Å². The first-order chi connectivity index (χ1) is 52.7. The Morgan fingerprint density at radius 2 is 0.509 bits per heavy atom. The van der Waals surface area contributed by atoms with Gasteiger partial charge in [-0.15, -0.1) is 0 Å². The Bertz CT molecular complexity index is 3010. The zero-order chi connectivity index (χ0) is 78.9. The highest BCUT2D eigenvalue weighted by Gasteiger charge is 2.30. The number of esters is 4. The Balaban J connectivity index is 5.61. The standard InChI is InChI=1S/C89H134O17P2/c1-5-9-13-17-21-25-29-33-37-39-41-43-47-50-54-58-62-66-70-74-87(92)100-80-85(106-89(94)76-72-68-64-60-56-52-48-44-42-40-38-34-30-26-22-18-14-10-6-2)82-104-108(97,98)102-78-83(90)77-101-107(95,96)103-81-84(105-88(93)75-71-67-63-59-55-51-46-36-32-28-24-20-16-12-8-4)79-99-86(91)73-69-65-61-57-53-49-45-35-31-27-23-19-15-11-7-3/h9-16,21-28,33-38,41-46,50,52-57,59,62,65-66,69,83-85,90H,5-8,17-20,29-32,39-40,47-49,51,58,60-61,63-64,67-68,70-82H2,1-4H3,(H,95,96)(H,97,98)/b13-9-,14-10-,15-11-,16-12-,25-21-,26-22-,27-23-,28-24-,37-33-,38-34-,43-41-,44-42-,45-35-,46-36-,54-50-,56-52-,57-53-,59-55-,66-62-,69-65-. The summed E-state index contributed by atoms with van der Waals surface area (Å²) in [5.74, 6) is -2.55. The van der Waals surface area contributed by atoms with Gasteiger partial charge in [-0.1, -0.05) is 277 Å². The highest BCUT2D eigenvalue weighted by atomic mass is 31.2. The maximum atomic E-state index is 13.1. The lowest BCUT2D eigenvalue weighted by Crippen LogP contribution is -2.30. The van der Waals surface area contributed by atoms with Crippen molar-refractivity contribution >= 4 is 39.5 Å². The number of ether oxygens (including phenoxy) is 4. The molecule has 0 bridgehead atoms. The van der Waals surface area contributed by atoms with Crippen LogP contribution in [0.3, 0.4) is 0 Å². The lowest BCUT2D eigenvalue weighted by atomic mass is 10.1. The molecule has 19 heteroatoms. The molecule has 0 spiro atoms. The van der Waals surface area contributed by atoms with Crippen molar-refractivity contribution in [3.8, 4) is 0 Å². The number of aliphatic hydroxyl groups is 1. The molecular formula is C89H134O17P2. The van der Waals surface area contributed by atoms with Crippen LogP contribution in [0.2, 0.25) is 0 Å². The lowest BCUT2D eigenvalue weighted by Gasteiger charge is -2.21. The number of phosphoric acid groups is 2. The van der Waals surface area contributed by atoms with E-state index in [-0.39, 0.29) is 25.7 Å². The summed E-state index contributed by atoms with van der Waals surface area (Å²) < 4.78 is 68.3. The first-order valence-electron chi connectivity index (χ1n) is 39.3. The molecule has 0 aromatic carbocycles. The van der Waals surface area contributed by atoms with Gasteiger partial charge in [0, 0.05) is 19.3 Å². The molecule has 5 unspecified atom stereocenters. The van der Waals surface area contributed by atoms with Gasteiger partial charge < -0.3 is 33.8 Å². The number of carbonyl (C=O) groups excluding carboxylic acids is 4. The third kappa shape index (κ3) is 77.0. The minimum atomic E-state index is -5.03. The van der Waals surface area contributed by atoms with E-state index < -0.39 is 97.5 Å². The highest BCUT2D eigenvalue weighted by Crippen LogP contribution is 2.45. The van der Waals surface area contributed by atoms with Crippen molar-refractivity contribution in [3.63, 3.8) is 0 Å². The van der Waals surface area contributed by atoms with E-state index in [0.29, 0.717) is 38.5 Å². The molecule has 0 amide bonds. The monoisotopic (exact) mass is 1540 g/mol. The van der Waals surface area contributed by atoms with Crippen LogP contribution >= 0.6 is 15.6 Å². The molecule has 0 aromatic heterocycles. The zero-order valence-electron chi connectivity index (χ0n) is 65.6. The summed E-state index contributed by atoms with van der Waals surface area (Å²) >= 11 is 0. The van der Waals surface area contributed by atoms with Gasteiger partial charge in [0.1, 0.15) is 19.3 Å². The van der Waals surface area contributed by atoms with Gasteiger partial charge in [-0.3, -0.25) is 37.3 Å². The first-order valence-corrected chi connectivity index (χ1v) is 42.3. The van der Waals surface area contributed by atoms with Gasteiger partial charge in [-0.25, -0.2) is 9.13 Å². The Morgan fingerprint density at radius 1 is 0.269 bits per heavy atom.